The van der Waals surface area contributed by atoms with Gasteiger partial charge in [-0.3, -0.25) is 38.8 Å². The Bertz CT molecular complexity index is 1890. The van der Waals surface area contributed by atoms with Crippen LogP contribution in [0.15, 0.2) is 63.8 Å². The number of carboxylic acids is 2. The van der Waals surface area contributed by atoms with E-state index in [1.54, 1.807) is 42.5 Å². The number of aliphatic carboxylic acids is 2. The molecule has 2 aliphatic rings. The molecule has 264 valence electrons. The van der Waals surface area contributed by atoms with Crippen LogP contribution in [0, 0.1) is 0 Å². The van der Waals surface area contributed by atoms with E-state index in [4.69, 9.17) is 13.9 Å². The van der Waals surface area contributed by atoms with Crippen LogP contribution in [-0.2, 0) is 27.5 Å². The van der Waals surface area contributed by atoms with Crippen molar-refractivity contribution < 1.29 is 38.5 Å². The van der Waals surface area contributed by atoms with Crippen LogP contribution < -0.4 is 20.2 Å². The van der Waals surface area contributed by atoms with Gasteiger partial charge in [-0.1, -0.05) is 18.2 Å². The number of ether oxygens (including phenoxy) is 2. The van der Waals surface area contributed by atoms with E-state index in [-0.39, 0.29) is 43.5 Å². The van der Waals surface area contributed by atoms with E-state index < -0.39 is 11.9 Å². The third-order valence-corrected chi connectivity index (χ3v) is 8.83. The molecule has 1 saturated heterocycles. The number of para-hydroxylation sites is 1. The van der Waals surface area contributed by atoms with Crippen LogP contribution in [0.4, 0.5) is 0 Å². The fraction of sp³-hybridized carbons (Fsp3) is 0.400. The van der Waals surface area contributed by atoms with Crippen molar-refractivity contribution in [1.82, 2.24) is 29.9 Å². The summed E-state index contributed by atoms with van der Waals surface area (Å²) < 4.78 is 16.7. The Labute approximate surface area is 287 Å². The summed E-state index contributed by atoms with van der Waals surface area (Å²) in [6.45, 7) is 3.95. The summed E-state index contributed by atoms with van der Waals surface area (Å²) in [5, 5.41) is 23.1. The number of hydrogen-bond donors (Lipinski definition) is 3. The molecular weight excluding hydrogens is 648 g/mol. The van der Waals surface area contributed by atoms with Crippen LogP contribution in [0.2, 0.25) is 0 Å². The highest BCUT2D eigenvalue weighted by atomic mass is 16.7. The van der Waals surface area contributed by atoms with Gasteiger partial charge in [0.15, 0.2) is 11.5 Å². The molecule has 2 aliphatic heterocycles. The van der Waals surface area contributed by atoms with Gasteiger partial charge in [0.05, 0.1) is 36.1 Å². The van der Waals surface area contributed by atoms with Crippen molar-refractivity contribution in [3.63, 3.8) is 0 Å². The number of hydrogen-bond acceptors (Lipinski definition) is 12. The van der Waals surface area contributed by atoms with Crippen molar-refractivity contribution >= 4 is 39.9 Å². The highest BCUT2D eigenvalue weighted by molar-refractivity contribution is 5.87. The molecule has 2 aromatic heterocycles. The molecule has 15 nitrogen and oxygen atoms in total. The second-order valence-electron chi connectivity index (χ2n) is 12.4. The van der Waals surface area contributed by atoms with Crippen molar-refractivity contribution in [2.75, 3.05) is 78.8 Å². The normalized spacial score (nSPS) is 17.0. The zero-order chi connectivity index (χ0) is 35.0. The number of benzene rings is 2. The first-order valence-corrected chi connectivity index (χ1v) is 16.5. The van der Waals surface area contributed by atoms with E-state index in [1.165, 1.54) is 0 Å². The van der Waals surface area contributed by atoms with Crippen molar-refractivity contribution in [2.24, 2.45) is 0 Å². The number of aromatic nitrogens is 1. The van der Waals surface area contributed by atoms with Gasteiger partial charge in [-0.05, 0) is 42.0 Å². The minimum Gasteiger partial charge on any atom is -0.480 e. The highest BCUT2D eigenvalue weighted by Crippen LogP contribution is 2.32. The fourth-order valence-corrected chi connectivity index (χ4v) is 6.14. The van der Waals surface area contributed by atoms with Gasteiger partial charge < -0.3 is 29.4 Å². The molecular formula is C35H40N6O9. The number of carboxylic acid groups (broad SMARTS) is 2. The molecule has 0 atom stereocenters. The molecule has 0 radical (unpaired) electrons. The van der Waals surface area contributed by atoms with Crippen LogP contribution in [0.5, 0.6) is 11.5 Å². The van der Waals surface area contributed by atoms with Gasteiger partial charge in [0.1, 0.15) is 5.58 Å². The lowest BCUT2D eigenvalue weighted by atomic mass is 10.2. The Balaban J connectivity index is 1.13. The van der Waals surface area contributed by atoms with Gasteiger partial charge in [0.2, 0.25) is 23.8 Å². The van der Waals surface area contributed by atoms with E-state index in [0.717, 1.165) is 5.56 Å². The second kappa shape index (κ2) is 16.1. The second-order valence-corrected chi connectivity index (χ2v) is 12.4. The maximum atomic E-state index is 13.0. The fourth-order valence-electron chi connectivity index (χ4n) is 6.14. The van der Waals surface area contributed by atoms with Crippen LogP contribution in [0.3, 0.4) is 0 Å². The summed E-state index contributed by atoms with van der Waals surface area (Å²) in [6.07, 6.45) is 0. The maximum absolute atomic E-state index is 13.0. The number of rotatable bonds is 10. The molecule has 0 unspecified atom stereocenters. The van der Waals surface area contributed by atoms with Gasteiger partial charge in [0, 0.05) is 65.4 Å². The molecule has 2 aromatic carbocycles. The average molecular weight is 689 g/mol. The Hall–Kier alpha value is -5.09. The zero-order valence-corrected chi connectivity index (χ0v) is 27.6. The summed E-state index contributed by atoms with van der Waals surface area (Å²) in [7, 11) is 0. The first-order valence-electron chi connectivity index (χ1n) is 16.5. The number of carbonyl (C=O) groups excluding carboxylic acids is 1. The van der Waals surface area contributed by atoms with Crippen LogP contribution in [-0.4, -0.2) is 131 Å². The van der Waals surface area contributed by atoms with E-state index in [1.807, 2.05) is 26.8 Å². The largest absolute Gasteiger partial charge is 0.480 e. The van der Waals surface area contributed by atoms with Crippen LogP contribution >= 0.6 is 0 Å². The van der Waals surface area contributed by atoms with Gasteiger partial charge in [0.25, 0.3) is 0 Å². The summed E-state index contributed by atoms with van der Waals surface area (Å²) in [6, 6.07) is 16.0. The maximum Gasteiger partial charge on any atom is 0.317 e. The number of carbonyl (C=O) groups is 3. The predicted molar refractivity (Wildman–Crippen MR) is 182 cm³/mol. The van der Waals surface area contributed by atoms with Gasteiger partial charge in [-0.2, -0.15) is 0 Å². The number of amides is 1. The molecule has 0 aliphatic carbocycles. The minimum atomic E-state index is -0.956. The quantitative estimate of drug-likeness (QED) is 0.203. The molecule has 4 aromatic rings. The Morgan fingerprint density at radius 3 is 2.02 bits per heavy atom. The molecule has 15 heteroatoms. The topological polar surface area (TPSA) is 178 Å². The van der Waals surface area contributed by atoms with E-state index in [9.17, 15) is 29.4 Å². The first-order chi connectivity index (χ1) is 24.2. The van der Waals surface area contributed by atoms with E-state index in [0.29, 0.717) is 99.0 Å². The van der Waals surface area contributed by atoms with Gasteiger partial charge in [-0.25, -0.2) is 4.98 Å². The smallest absolute Gasteiger partial charge is 0.317 e. The lowest BCUT2D eigenvalue weighted by Crippen LogP contribution is -2.49. The number of nitrogens with one attached hydrogen (secondary N) is 1. The lowest BCUT2D eigenvalue weighted by molar-refractivity contribution is -0.139. The Kier molecular flexibility index (Phi) is 11.2. The average Bonchev–Trinajstić information content (AvgIpc) is 3.56. The highest BCUT2D eigenvalue weighted by Gasteiger charge is 2.21. The predicted octanol–water partition coefficient (Wildman–Crippen LogP) is 1.28. The number of nitrogens with zero attached hydrogens (tertiary/aromatic N) is 5. The standard InChI is InChI=1S/C35H40N6O9/c42-31(36-18-24-5-8-29-30(17-24)49-23-48-29)20-39-11-15-40(21-32(43)44)13-9-38(10-14-41(16-12-39)22-33(45)46)19-25-6-7-27-34(47)26-3-1-2-4-28(26)50-35(27)37-25/h1-8,17H,9-16,18-23H2,(H,36,42)(H,43,44)(H,45,46). The summed E-state index contributed by atoms with van der Waals surface area (Å²) in [5.74, 6) is -0.827. The SMILES string of the molecule is O=C(O)CN1CCN(CC(=O)NCc2ccc3c(c2)OCO3)CCN(CC(=O)O)CCN(Cc2ccc3c(=O)c4ccccc4oc3n2)CC1. The number of fused-ring (bicyclic) bond motifs is 3. The summed E-state index contributed by atoms with van der Waals surface area (Å²) in [4.78, 5) is 62.0. The van der Waals surface area contributed by atoms with E-state index in [2.05, 4.69) is 15.2 Å². The molecule has 1 amide bonds. The zero-order valence-electron chi connectivity index (χ0n) is 27.6. The molecule has 4 heterocycles. The molecule has 0 spiro atoms. The third-order valence-electron chi connectivity index (χ3n) is 8.83. The molecule has 0 saturated carbocycles. The lowest BCUT2D eigenvalue weighted by Gasteiger charge is -2.33. The summed E-state index contributed by atoms with van der Waals surface area (Å²) >= 11 is 0. The Morgan fingerprint density at radius 2 is 1.34 bits per heavy atom. The third kappa shape index (κ3) is 9.12. The van der Waals surface area contributed by atoms with Crippen molar-refractivity contribution in [2.45, 2.75) is 13.1 Å². The first kappa shape index (κ1) is 34.8. The van der Waals surface area contributed by atoms with E-state index >= 15 is 0 Å². The van der Waals surface area contributed by atoms with Crippen LogP contribution in [0.25, 0.3) is 22.1 Å². The number of pyridine rings is 1. The molecule has 3 N–H and O–H groups in total. The van der Waals surface area contributed by atoms with Gasteiger partial charge in [-0.15, -0.1) is 0 Å². The minimum absolute atomic E-state index is 0.0670. The van der Waals surface area contributed by atoms with Crippen molar-refractivity contribution in [1.29, 1.82) is 0 Å². The Morgan fingerprint density at radius 1 is 0.720 bits per heavy atom. The monoisotopic (exact) mass is 688 g/mol. The van der Waals surface area contributed by atoms with Gasteiger partial charge >= 0.3 is 11.9 Å². The molecule has 6 rings (SSSR count). The van der Waals surface area contributed by atoms with Crippen molar-refractivity contribution in [3.05, 3.63) is 76.1 Å². The molecule has 0 bridgehead atoms. The van der Waals surface area contributed by atoms with Crippen molar-refractivity contribution in [3.8, 4) is 11.5 Å². The van der Waals surface area contributed by atoms with Crippen LogP contribution in [0.1, 0.15) is 11.3 Å². The molecule has 1 fully saturated rings. The summed E-state index contributed by atoms with van der Waals surface area (Å²) in [5.41, 5.74) is 2.05. The molecule has 50 heavy (non-hydrogen) atoms.